The summed E-state index contributed by atoms with van der Waals surface area (Å²) in [5.41, 5.74) is 2.79. The molecule has 172 valence electrons. The lowest BCUT2D eigenvalue weighted by Crippen LogP contribution is -2.50. The van der Waals surface area contributed by atoms with Gasteiger partial charge in [-0.3, -0.25) is 4.79 Å². The lowest BCUT2D eigenvalue weighted by atomic mass is 9.68. The molecule has 4 rings (SSSR count). The zero-order valence-electron chi connectivity index (χ0n) is 18.7. The van der Waals surface area contributed by atoms with Crippen LogP contribution in [0.3, 0.4) is 0 Å². The highest BCUT2D eigenvalue weighted by Gasteiger charge is 2.43. The van der Waals surface area contributed by atoms with E-state index in [2.05, 4.69) is 28.7 Å². The molecule has 6 nitrogen and oxygen atoms in total. The van der Waals surface area contributed by atoms with Gasteiger partial charge in [0.2, 0.25) is 0 Å². The smallest absolute Gasteiger partial charge is 0.274 e. The maximum absolute atomic E-state index is 13.4. The van der Waals surface area contributed by atoms with Crippen LogP contribution >= 0.6 is 0 Å². The van der Waals surface area contributed by atoms with Crippen LogP contribution in [-0.4, -0.2) is 37.9 Å². The standard InChI is InChI=1S/C25H33N3O3S/c1-2-19-8-10-20(11-9-19)24(29)28(22-12-13-22)23-14-16-25(17-15-23,18-27-32(26,30)31)21-6-4-3-5-7-21/h3-11,22-23,27H,2,12-18H2,1H3,(H2,26,30,31). The molecule has 2 aromatic carbocycles. The lowest BCUT2D eigenvalue weighted by molar-refractivity contribution is 0.0571. The first-order chi connectivity index (χ1) is 15.3. The average molecular weight is 456 g/mol. The highest BCUT2D eigenvalue weighted by Crippen LogP contribution is 2.43. The van der Waals surface area contributed by atoms with Gasteiger partial charge in [-0.1, -0.05) is 49.4 Å². The van der Waals surface area contributed by atoms with Crippen LogP contribution in [0.2, 0.25) is 0 Å². The number of rotatable bonds is 8. The van der Waals surface area contributed by atoms with Gasteiger partial charge >= 0.3 is 0 Å². The van der Waals surface area contributed by atoms with E-state index >= 15 is 0 Å². The molecule has 2 aromatic rings. The summed E-state index contributed by atoms with van der Waals surface area (Å²) in [4.78, 5) is 15.5. The van der Waals surface area contributed by atoms with Gasteiger partial charge in [-0.2, -0.15) is 8.42 Å². The Kier molecular flexibility index (Phi) is 6.70. The minimum Gasteiger partial charge on any atom is -0.333 e. The fourth-order valence-corrected chi connectivity index (χ4v) is 5.52. The molecule has 3 N–H and O–H groups in total. The predicted octanol–water partition coefficient (Wildman–Crippen LogP) is 3.53. The van der Waals surface area contributed by atoms with Gasteiger partial charge in [-0.25, -0.2) is 9.86 Å². The summed E-state index contributed by atoms with van der Waals surface area (Å²) >= 11 is 0. The van der Waals surface area contributed by atoms with E-state index in [4.69, 9.17) is 5.14 Å². The van der Waals surface area contributed by atoms with Gasteiger partial charge < -0.3 is 4.90 Å². The Balaban J connectivity index is 1.52. The first-order valence-electron chi connectivity index (χ1n) is 11.6. The number of carbonyl (C=O) groups is 1. The molecule has 0 atom stereocenters. The van der Waals surface area contributed by atoms with Crippen LogP contribution < -0.4 is 9.86 Å². The molecule has 2 aliphatic carbocycles. The molecule has 0 unspecified atom stereocenters. The Hall–Kier alpha value is -2.22. The second-order valence-electron chi connectivity index (χ2n) is 9.24. The third kappa shape index (κ3) is 5.22. The molecule has 1 amide bonds. The number of hydrogen-bond donors (Lipinski definition) is 2. The van der Waals surface area contributed by atoms with Gasteiger partial charge in [0.15, 0.2) is 0 Å². The molecule has 2 saturated carbocycles. The monoisotopic (exact) mass is 455 g/mol. The molecule has 0 aliphatic heterocycles. The van der Waals surface area contributed by atoms with Crippen LogP contribution in [0.5, 0.6) is 0 Å². The van der Waals surface area contributed by atoms with E-state index < -0.39 is 10.2 Å². The third-order valence-corrected chi connectivity index (χ3v) is 7.63. The summed E-state index contributed by atoms with van der Waals surface area (Å²) < 4.78 is 25.8. The van der Waals surface area contributed by atoms with Crippen LogP contribution in [-0.2, 0) is 22.0 Å². The zero-order valence-corrected chi connectivity index (χ0v) is 19.5. The van der Waals surface area contributed by atoms with Crippen molar-refractivity contribution in [1.82, 2.24) is 9.62 Å². The van der Waals surface area contributed by atoms with Crippen molar-refractivity contribution in [3.63, 3.8) is 0 Å². The molecule has 0 heterocycles. The van der Waals surface area contributed by atoms with Crippen molar-refractivity contribution < 1.29 is 13.2 Å². The quantitative estimate of drug-likeness (QED) is 0.638. The van der Waals surface area contributed by atoms with E-state index in [1.165, 1.54) is 5.56 Å². The number of nitrogens with two attached hydrogens (primary N) is 1. The molecular formula is C25H33N3O3S. The molecule has 0 radical (unpaired) electrons. The summed E-state index contributed by atoms with van der Waals surface area (Å²) in [5, 5.41) is 5.25. The van der Waals surface area contributed by atoms with E-state index in [1.807, 2.05) is 42.5 Å². The Labute approximate surface area is 191 Å². The Bertz CT molecular complexity index is 1030. The molecule has 0 aromatic heterocycles. The van der Waals surface area contributed by atoms with E-state index in [1.54, 1.807) is 0 Å². The molecular weight excluding hydrogens is 422 g/mol. The first-order valence-corrected chi connectivity index (χ1v) is 13.1. The van der Waals surface area contributed by atoms with E-state index in [0.29, 0.717) is 6.04 Å². The van der Waals surface area contributed by atoms with Gasteiger partial charge in [0, 0.05) is 29.6 Å². The van der Waals surface area contributed by atoms with Gasteiger partial charge in [-0.05, 0) is 68.2 Å². The maximum Gasteiger partial charge on any atom is 0.274 e. The van der Waals surface area contributed by atoms with E-state index in [0.717, 1.165) is 56.1 Å². The second kappa shape index (κ2) is 9.33. The first kappa shape index (κ1) is 23.0. The van der Waals surface area contributed by atoms with E-state index in [9.17, 15) is 13.2 Å². The Morgan fingerprint density at radius 1 is 1.00 bits per heavy atom. The van der Waals surface area contributed by atoms with Crippen molar-refractivity contribution in [3.8, 4) is 0 Å². The van der Waals surface area contributed by atoms with Crippen molar-refractivity contribution in [1.29, 1.82) is 0 Å². The van der Waals surface area contributed by atoms with Gasteiger partial charge in [-0.15, -0.1) is 0 Å². The molecule has 2 fully saturated rings. The van der Waals surface area contributed by atoms with Crippen LogP contribution in [0.25, 0.3) is 0 Å². The highest BCUT2D eigenvalue weighted by molar-refractivity contribution is 7.87. The lowest BCUT2D eigenvalue weighted by Gasteiger charge is -2.44. The number of nitrogens with zero attached hydrogens (tertiary/aromatic N) is 1. The number of carbonyl (C=O) groups excluding carboxylic acids is 1. The summed E-state index contributed by atoms with van der Waals surface area (Å²) in [5.74, 6) is 0.120. The third-order valence-electron chi connectivity index (χ3n) is 7.09. The van der Waals surface area contributed by atoms with Crippen LogP contribution in [0.15, 0.2) is 54.6 Å². The minimum absolute atomic E-state index is 0.120. The van der Waals surface area contributed by atoms with Gasteiger partial charge in [0.05, 0.1) is 0 Å². The van der Waals surface area contributed by atoms with Gasteiger partial charge in [0.1, 0.15) is 0 Å². The SMILES string of the molecule is CCc1ccc(C(=O)N(C2CC2)C2CCC(CNS(N)(=O)=O)(c3ccccc3)CC2)cc1. The van der Waals surface area contributed by atoms with Crippen molar-refractivity contribution in [2.24, 2.45) is 5.14 Å². The minimum atomic E-state index is -3.77. The Morgan fingerprint density at radius 3 is 2.12 bits per heavy atom. The molecule has 7 heteroatoms. The molecule has 0 spiro atoms. The number of aryl methyl sites for hydroxylation is 1. The number of amides is 1. The van der Waals surface area contributed by atoms with Gasteiger partial charge in [0.25, 0.3) is 16.1 Å². The largest absolute Gasteiger partial charge is 0.333 e. The van der Waals surface area contributed by atoms with Crippen LogP contribution in [0.4, 0.5) is 0 Å². The maximum atomic E-state index is 13.4. The summed E-state index contributed by atoms with van der Waals surface area (Å²) in [7, 11) is -3.77. The van der Waals surface area contributed by atoms with Crippen molar-refractivity contribution >= 4 is 16.1 Å². The van der Waals surface area contributed by atoms with E-state index in [-0.39, 0.29) is 23.9 Å². The fourth-order valence-electron chi connectivity index (χ4n) is 5.05. The normalized spacial score (nSPS) is 23.6. The molecule has 0 bridgehead atoms. The average Bonchev–Trinajstić information content (AvgIpc) is 3.64. The van der Waals surface area contributed by atoms with Crippen molar-refractivity contribution in [2.75, 3.05) is 6.54 Å². The molecule has 0 saturated heterocycles. The van der Waals surface area contributed by atoms with Crippen molar-refractivity contribution in [3.05, 3.63) is 71.3 Å². The highest BCUT2D eigenvalue weighted by atomic mass is 32.2. The van der Waals surface area contributed by atoms with Crippen LogP contribution in [0.1, 0.15) is 66.9 Å². The number of nitrogens with one attached hydrogen (secondary N) is 1. The predicted molar refractivity (Wildman–Crippen MR) is 126 cm³/mol. The molecule has 2 aliphatic rings. The summed E-state index contributed by atoms with van der Waals surface area (Å²) in [6, 6.07) is 18.5. The second-order valence-corrected chi connectivity index (χ2v) is 10.6. The number of hydrogen-bond acceptors (Lipinski definition) is 3. The molecule has 32 heavy (non-hydrogen) atoms. The summed E-state index contributed by atoms with van der Waals surface area (Å²) in [6.45, 7) is 2.39. The fraction of sp³-hybridized carbons (Fsp3) is 0.480. The topological polar surface area (TPSA) is 92.5 Å². The van der Waals surface area contributed by atoms with Crippen molar-refractivity contribution in [2.45, 2.75) is 69.4 Å². The zero-order chi connectivity index (χ0) is 22.8. The Morgan fingerprint density at radius 2 is 1.59 bits per heavy atom. The summed E-state index contributed by atoms with van der Waals surface area (Å²) in [6.07, 6.45) is 6.37. The number of benzene rings is 2. The van der Waals surface area contributed by atoms with Crippen LogP contribution in [0, 0.1) is 0 Å².